The zero-order chi connectivity index (χ0) is 29.6. The minimum absolute atomic E-state index is 0.239. The highest BCUT2D eigenvalue weighted by atomic mass is 16.6. The molecule has 0 spiro atoms. The molecule has 10 heteroatoms. The van der Waals surface area contributed by atoms with Gasteiger partial charge in [0, 0.05) is 30.6 Å². The van der Waals surface area contributed by atoms with Crippen LogP contribution in [0.2, 0.25) is 0 Å². The smallest absolute Gasteiger partial charge is 0.407 e. The average Bonchev–Trinajstić information content (AvgIpc) is 3.00. The molecular weight excluding hydrogens is 526 g/mol. The minimum atomic E-state index is -0.505. The third-order valence-corrected chi connectivity index (χ3v) is 6.55. The molecule has 2 aromatic carbocycles. The molecule has 0 aliphatic carbocycles. The Labute approximate surface area is 240 Å². The molecule has 3 rings (SSSR count). The fourth-order valence-electron chi connectivity index (χ4n) is 4.48. The van der Waals surface area contributed by atoms with Gasteiger partial charge in [0.05, 0.1) is 27.0 Å². The topological polar surface area (TPSA) is 128 Å². The predicted octanol–water partition coefficient (Wildman–Crippen LogP) is 5.61. The lowest BCUT2D eigenvalue weighted by Crippen LogP contribution is -2.27. The maximum Gasteiger partial charge on any atom is 0.407 e. The number of nitrogens with one attached hydrogen (secondary N) is 2. The molecule has 0 saturated heterocycles. The Morgan fingerprint density at radius 1 is 0.927 bits per heavy atom. The van der Waals surface area contributed by atoms with E-state index in [-0.39, 0.29) is 6.42 Å². The molecule has 220 valence electrons. The van der Waals surface area contributed by atoms with Crippen molar-refractivity contribution < 1.29 is 33.7 Å². The van der Waals surface area contributed by atoms with Crippen molar-refractivity contribution in [1.29, 1.82) is 0 Å². The minimum Gasteiger partial charge on any atom is -0.493 e. The standard InChI is InChI=1S/C31H39N3O7/c1-5-26(41-31(36)32-15-11-7-10-14-29(35)34-37)23-19-24(33-25(20-23)22-12-8-6-9-13-22)16-21-17-27(38-2)30(40-4)28(18-21)39-3/h6,8-9,12-13,17-20,26,37H,5,7,10-11,14-16H2,1-4H3,(H,32,36)(H,34,35)/t26-/m1/s1. The quantitative estimate of drug-likeness (QED) is 0.123. The van der Waals surface area contributed by atoms with Crippen molar-refractivity contribution >= 4 is 12.0 Å². The number of alkyl carbamates (subject to hydrolysis) is 1. The molecule has 0 bridgehead atoms. The Kier molecular flexibility index (Phi) is 12.2. The molecule has 3 N–H and O–H groups in total. The Morgan fingerprint density at radius 2 is 1.63 bits per heavy atom. The molecule has 3 aromatic rings. The highest BCUT2D eigenvalue weighted by molar-refractivity contribution is 5.74. The van der Waals surface area contributed by atoms with Crippen molar-refractivity contribution in [3.8, 4) is 28.5 Å². The molecule has 1 atom stereocenters. The number of amides is 2. The number of hydrogen-bond acceptors (Lipinski definition) is 8. The molecule has 41 heavy (non-hydrogen) atoms. The molecule has 0 saturated carbocycles. The van der Waals surface area contributed by atoms with Crippen molar-refractivity contribution in [2.75, 3.05) is 27.9 Å². The number of methoxy groups -OCH3 is 3. The maximum absolute atomic E-state index is 12.6. The van der Waals surface area contributed by atoms with Crippen LogP contribution in [0.15, 0.2) is 54.6 Å². The van der Waals surface area contributed by atoms with E-state index in [0.29, 0.717) is 49.5 Å². The molecule has 0 aliphatic rings. The van der Waals surface area contributed by atoms with Gasteiger partial charge in [-0.2, -0.15) is 0 Å². The molecule has 2 amide bonds. The van der Waals surface area contributed by atoms with E-state index in [9.17, 15) is 9.59 Å². The van der Waals surface area contributed by atoms with Gasteiger partial charge in [0.1, 0.15) is 6.10 Å². The lowest BCUT2D eigenvalue weighted by molar-refractivity contribution is -0.129. The molecular formula is C31H39N3O7. The molecule has 0 unspecified atom stereocenters. The Hall–Kier alpha value is -4.31. The Balaban J connectivity index is 1.80. The van der Waals surface area contributed by atoms with Crippen LogP contribution in [0.4, 0.5) is 4.79 Å². The van der Waals surface area contributed by atoms with Crippen LogP contribution < -0.4 is 25.0 Å². The number of nitrogens with zero attached hydrogens (tertiary/aromatic N) is 1. The van der Waals surface area contributed by atoms with Crippen LogP contribution in [0, 0.1) is 0 Å². The monoisotopic (exact) mass is 565 g/mol. The number of ether oxygens (including phenoxy) is 4. The van der Waals surface area contributed by atoms with Gasteiger partial charge in [0.2, 0.25) is 11.7 Å². The molecule has 1 aromatic heterocycles. The van der Waals surface area contributed by atoms with Crippen LogP contribution in [0.1, 0.15) is 62.0 Å². The van der Waals surface area contributed by atoms with Gasteiger partial charge in [-0.3, -0.25) is 15.0 Å². The van der Waals surface area contributed by atoms with E-state index in [0.717, 1.165) is 34.5 Å². The molecule has 0 fully saturated rings. The summed E-state index contributed by atoms with van der Waals surface area (Å²) in [6, 6.07) is 17.6. The molecule has 1 heterocycles. The second-order valence-electron chi connectivity index (χ2n) is 9.43. The van der Waals surface area contributed by atoms with E-state index in [1.54, 1.807) is 26.8 Å². The van der Waals surface area contributed by atoms with Crippen LogP contribution in [0.25, 0.3) is 11.3 Å². The summed E-state index contributed by atoms with van der Waals surface area (Å²) in [5.74, 6) is 1.22. The summed E-state index contributed by atoms with van der Waals surface area (Å²) in [7, 11) is 4.73. The van der Waals surface area contributed by atoms with E-state index < -0.39 is 18.1 Å². The summed E-state index contributed by atoms with van der Waals surface area (Å²) in [5.41, 5.74) is 5.91. The molecule has 10 nitrogen and oxygen atoms in total. The number of rotatable bonds is 15. The Bertz CT molecular complexity index is 1260. The van der Waals surface area contributed by atoms with E-state index in [1.165, 1.54) is 0 Å². The van der Waals surface area contributed by atoms with Gasteiger partial charge in [0.25, 0.3) is 0 Å². The van der Waals surface area contributed by atoms with Crippen molar-refractivity contribution in [3.05, 3.63) is 71.4 Å². The summed E-state index contributed by atoms with van der Waals surface area (Å²) in [4.78, 5) is 28.6. The normalized spacial score (nSPS) is 11.3. The predicted molar refractivity (Wildman–Crippen MR) is 154 cm³/mol. The van der Waals surface area contributed by atoms with E-state index in [1.807, 2.05) is 61.5 Å². The second kappa shape index (κ2) is 16.1. The van der Waals surface area contributed by atoms with Crippen LogP contribution >= 0.6 is 0 Å². The number of aromatic nitrogens is 1. The van der Waals surface area contributed by atoms with E-state index >= 15 is 0 Å². The first kappa shape index (κ1) is 31.2. The lowest BCUT2D eigenvalue weighted by Gasteiger charge is -2.19. The summed E-state index contributed by atoms with van der Waals surface area (Å²) in [6.45, 7) is 2.39. The molecule has 0 radical (unpaired) electrons. The fourth-order valence-corrected chi connectivity index (χ4v) is 4.48. The lowest BCUT2D eigenvalue weighted by atomic mass is 10.00. The van der Waals surface area contributed by atoms with Crippen LogP contribution in [-0.2, 0) is 16.0 Å². The van der Waals surface area contributed by atoms with Gasteiger partial charge < -0.3 is 24.3 Å². The van der Waals surface area contributed by atoms with E-state index in [2.05, 4.69) is 5.32 Å². The number of hydrogen-bond donors (Lipinski definition) is 3. The fraction of sp³-hybridized carbons (Fsp3) is 0.387. The summed E-state index contributed by atoms with van der Waals surface area (Å²) in [5, 5.41) is 11.3. The maximum atomic E-state index is 12.6. The Morgan fingerprint density at radius 3 is 2.24 bits per heavy atom. The van der Waals surface area contributed by atoms with Crippen molar-refractivity contribution in [2.24, 2.45) is 0 Å². The first-order valence-corrected chi connectivity index (χ1v) is 13.6. The third-order valence-electron chi connectivity index (χ3n) is 6.55. The highest BCUT2D eigenvalue weighted by Crippen LogP contribution is 2.39. The second-order valence-corrected chi connectivity index (χ2v) is 9.43. The zero-order valence-electron chi connectivity index (χ0n) is 24.1. The summed E-state index contributed by atoms with van der Waals surface area (Å²) < 4.78 is 22.3. The molecule has 0 aliphatic heterocycles. The third kappa shape index (κ3) is 9.11. The summed E-state index contributed by atoms with van der Waals surface area (Å²) in [6.07, 6.45) is 2.36. The SMILES string of the molecule is CC[C@@H](OC(=O)NCCCCCC(=O)NO)c1cc(Cc2cc(OC)c(OC)c(OC)c2)nc(-c2ccccc2)c1. The number of benzene rings is 2. The largest absolute Gasteiger partial charge is 0.493 e. The van der Waals surface area contributed by atoms with Gasteiger partial charge in [-0.15, -0.1) is 0 Å². The highest BCUT2D eigenvalue weighted by Gasteiger charge is 2.19. The summed E-state index contributed by atoms with van der Waals surface area (Å²) >= 11 is 0. The van der Waals surface area contributed by atoms with Crippen molar-refractivity contribution in [1.82, 2.24) is 15.8 Å². The number of hydroxylamine groups is 1. The van der Waals surface area contributed by atoms with Gasteiger partial charge in [0.15, 0.2) is 11.5 Å². The van der Waals surface area contributed by atoms with Crippen LogP contribution in [0.3, 0.4) is 0 Å². The van der Waals surface area contributed by atoms with E-state index in [4.69, 9.17) is 29.1 Å². The van der Waals surface area contributed by atoms with Gasteiger partial charge >= 0.3 is 6.09 Å². The number of carbonyl (C=O) groups is 2. The number of pyridine rings is 1. The zero-order valence-corrected chi connectivity index (χ0v) is 24.1. The van der Waals surface area contributed by atoms with Gasteiger partial charge in [-0.05, 0) is 54.7 Å². The first-order chi connectivity index (χ1) is 19.9. The van der Waals surface area contributed by atoms with Crippen LogP contribution in [-0.4, -0.2) is 50.1 Å². The van der Waals surface area contributed by atoms with Crippen LogP contribution in [0.5, 0.6) is 17.2 Å². The number of carbonyl (C=O) groups excluding carboxylic acids is 2. The van der Waals surface area contributed by atoms with Crippen molar-refractivity contribution in [3.63, 3.8) is 0 Å². The first-order valence-electron chi connectivity index (χ1n) is 13.6. The average molecular weight is 566 g/mol. The van der Waals surface area contributed by atoms with Gasteiger partial charge in [-0.25, -0.2) is 10.3 Å². The number of unbranched alkanes of at least 4 members (excludes halogenated alkanes) is 2. The van der Waals surface area contributed by atoms with Crippen molar-refractivity contribution in [2.45, 2.75) is 51.6 Å². The van der Waals surface area contributed by atoms with Gasteiger partial charge in [-0.1, -0.05) is 43.7 Å².